The first-order valence-electron chi connectivity index (χ1n) is 5.10. The molecule has 4 heteroatoms. The second-order valence-electron chi connectivity index (χ2n) is 4.81. The van der Waals surface area contributed by atoms with Gasteiger partial charge < -0.3 is 4.79 Å². The average Bonchev–Trinajstić information content (AvgIpc) is 2.19. The van der Waals surface area contributed by atoms with Crippen LogP contribution in [0, 0.1) is 5.92 Å². The number of nitrogens with zero attached hydrogens (tertiary/aromatic N) is 1. The number of hydrogen-bond donors (Lipinski definition) is 0. The Morgan fingerprint density at radius 2 is 1.93 bits per heavy atom. The summed E-state index contributed by atoms with van der Waals surface area (Å²) in [5, 5.41) is 0. The molecule has 0 bridgehead atoms. The number of amides is 2. The molecule has 1 unspecified atom stereocenters. The molecule has 0 aromatic carbocycles. The SMILES string of the molecule is CC(=O)CC1CC(C)(C)N(C(C)=O)C1=O. The summed E-state index contributed by atoms with van der Waals surface area (Å²) in [6.07, 6.45) is 0.817. The molecule has 0 radical (unpaired) electrons. The van der Waals surface area contributed by atoms with Crippen molar-refractivity contribution in [2.24, 2.45) is 5.92 Å². The molecule has 0 aliphatic carbocycles. The molecular weight excluding hydrogens is 194 g/mol. The smallest absolute Gasteiger partial charge is 0.233 e. The number of imide groups is 1. The molecule has 0 N–H and O–H groups in total. The van der Waals surface area contributed by atoms with E-state index in [1.807, 2.05) is 13.8 Å². The lowest BCUT2D eigenvalue weighted by molar-refractivity contribution is -0.146. The Balaban J connectivity index is 2.90. The first kappa shape index (κ1) is 11.9. The van der Waals surface area contributed by atoms with Crippen molar-refractivity contribution in [1.82, 2.24) is 4.90 Å². The van der Waals surface area contributed by atoms with Crippen molar-refractivity contribution >= 4 is 17.6 Å². The predicted molar refractivity (Wildman–Crippen MR) is 55.0 cm³/mol. The third kappa shape index (κ3) is 2.25. The quantitative estimate of drug-likeness (QED) is 0.688. The van der Waals surface area contributed by atoms with E-state index in [0.717, 1.165) is 0 Å². The highest BCUT2D eigenvalue weighted by molar-refractivity contribution is 5.99. The third-order valence-electron chi connectivity index (χ3n) is 2.77. The minimum Gasteiger partial charge on any atom is -0.300 e. The van der Waals surface area contributed by atoms with Crippen LogP contribution < -0.4 is 0 Å². The fourth-order valence-electron chi connectivity index (χ4n) is 2.35. The highest BCUT2D eigenvalue weighted by Gasteiger charge is 2.46. The Bertz CT molecular complexity index is 320. The molecule has 1 saturated heterocycles. The molecule has 1 aliphatic heterocycles. The van der Waals surface area contributed by atoms with Crippen molar-refractivity contribution in [1.29, 1.82) is 0 Å². The zero-order valence-electron chi connectivity index (χ0n) is 9.66. The molecule has 1 heterocycles. The van der Waals surface area contributed by atoms with Crippen molar-refractivity contribution in [3.05, 3.63) is 0 Å². The molecule has 2 amide bonds. The van der Waals surface area contributed by atoms with E-state index >= 15 is 0 Å². The maximum absolute atomic E-state index is 11.9. The number of carbonyl (C=O) groups excluding carboxylic acids is 3. The maximum Gasteiger partial charge on any atom is 0.233 e. The van der Waals surface area contributed by atoms with E-state index in [1.165, 1.54) is 18.7 Å². The Morgan fingerprint density at radius 1 is 1.40 bits per heavy atom. The van der Waals surface area contributed by atoms with E-state index in [2.05, 4.69) is 0 Å². The monoisotopic (exact) mass is 211 g/mol. The van der Waals surface area contributed by atoms with Gasteiger partial charge in [0.1, 0.15) is 5.78 Å². The van der Waals surface area contributed by atoms with Gasteiger partial charge >= 0.3 is 0 Å². The van der Waals surface area contributed by atoms with Gasteiger partial charge in [0.25, 0.3) is 0 Å². The molecule has 1 aliphatic rings. The molecule has 0 aromatic heterocycles. The molecule has 0 spiro atoms. The number of likely N-dealkylation sites (tertiary alicyclic amines) is 1. The first-order chi connectivity index (χ1) is 6.75. The van der Waals surface area contributed by atoms with Crippen molar-refractivity contribution in [2.75, 3.05) is 0 Å². The maximum atomic E-state index is 11.9. The van der Waals surface area contributed by atoms with Gasteiger partial charge in [0, 0.05) is 24.8 Å². The Kier molecular flexibility index (Phi) is 2.98. The van der Waals surface area contributed by atoms with E-state index < -0.39 is 5.54 Å². The van der Waals surface area contributed by atoms with Gasteiger partial charge in [-0.15, -0.1) is 0 Å². The molecule has 4 nitrogen and oxygen atoms in total. The second-order valence-corrected chi connectivity index (χ2v) is 4.81. The minimum atomic E-state index is -0.455. The molecule has 1 fully saturated rings. The van der Waals surface area contributed by atoms with Gasteiger partial charge in [0.2, 0.25) is 11.8 Å². The van der Waals surface area contributed by atoms with E-state index in [1.54, 1.807) is 0 Å². The standard InChI is InChI=1S/C11H17NO3/c1-7(13)5-9-6-11(3,4)12(8(2)14)10(9)15/h9H,5-6H2,1-4H3. The van der Waals surface area contributed by atoms with E-state index in [-0.39, 0.29) is 29.9 Å². The first-order valence-corrected chi connectivity index (χ1v) is 5.10. The lowest BCUT2D eigenvalue weighted by Crippen LogP contribution is -2.44. The van der Waals surface area contributed by atoms with Gasteiger partial charge in [-0.1, -0.05) is 0 Å². The highest BCUT2D eigenvalue weighted by Crippen LogP contribution is 2.35. The van der Waals surface area contributed by atoms with Crippen LogP contribution in [-0.2, 0) is 14.4 Å². The number of rotatable bonds is 2. The van der Waals surface area contributed by atoms with E-state index in [0.29, 0.717) is 6.42 Å². The summed E-state index contributed by atoms with van der Waals surface area (Å²) in [7, 11) is 0. The summed E-state index contributed by atoms with van der Waals surface area (Å²) in [6, 6.07) is 0. The van der Waals surface area contributed by atoms with Crippen LogP contribution in [0.25, 0.3) is 0 Å². The van der Waals surface area contributed by atoms with Crippen LogP contribution >= 0.6 is 0 Å². The van der Waals surface area contributed by atoms with Crippen molar-refractivity contribution in [3.63, 3.8) is 0 Å². The Morgan fingerprint density at radius 3 is 2.27 bits per heavy atom. The molecule has 15 heavy (non-hydrogen) atoms. The van der Waals surface area contributed by atoms with Crippen LogP contribution in [0.2, 0.25) is 0 Å². The van der Waals surface area contributed by atoms with E-state index in [9.17, 15) is 14.4 Å². The lowest BCUT2D eigenvalue weighted by Gasteiger charge is -2.28. The molecule has 1 atom stereocenters. The fourth-order valence-corrected chi connectivity index (χ4v) is 2.35. The zero-order valence-corrected chi connectivity index (χ0v) is 9.66. The van der Waals surface area contributed by atoms with E-state index in [4.69, 9.17) is 0 Å². The second kappa shape index (κ2) is 3.76. The van der Waals surface area contributed by atoms with Gasteiger partial charge in [0.05, 0.1) is 0 Å². The van der Waals surface area contributed by atoms with Crippen LogP contribution in [0.1, 0.15) is 40.5 Å². The van der Waals surface area contributed by atoms with Gasteiger partial charge in [-0.2, -0.15) is 0 Å². The lowest BCUT2D eigenvalue weighted by atomic mass is 9.93. The summed E-state index contributed by atoms with van der Waals surface area (Å²) < 4.78 is 0. The minimum absolute atomic E-state index is 0.00504. The van der Waals surface area contributed by atoms with Crippen molar-refractivity contribution in [3.8, 4) is 0 Å². The van der Waals surface area contributed by atoms with Crippen LogP contribution in [-0.4, -0.2) is 28.0 Å². The van der Waals surface area contributed by atoms with Gasteiger partial charge in [-0.3, -0.25) is 14.5 Å². The zero-order chi connectivity index (χ0) is 11.8. The highest BCUT2D eigenvalue weighted by atomic mass is 16.2. The number of carbonyl (C=O) groups is 3. The predicted octanol–water partition coefficient (Wildman–Crippen LogP) is 1.14. The largest absolute Gasteiger partial charge is 0.300 e. The van der Waals surface area contributed by atoms with Crippen LogP contribution in [0.3, 0.4) is 0 Å². The van der Waals surface area contributed by atoms with Gasteiger partial charge in [-0.25, -0.2) is 0 Å². The third-order valence-corrected chi connectivity index (χ3v) is 2.77. The van der Waals surface area contributed by atoms with Crippen molar-refractivity contribution in [2.45, 2.75) is 46.1 Å². The molecule has 1 rings (SSSR count). The summed E-state index contributed by atoms with van der Waals surface area (Å²) >= 11 is 0. The van der Waals surface area contributed by atoms with Crippen molar-refractivity contribution < 1.29 is 14.4 Å². The van der Waals surface area contributed by atoms with Crippen LogP contribution in [0.5, 0.6) is 0 Å². The summed E-state index contributed by atoms with van der Waals surface area (Å²) in [4.78, 5) is 35.4. The van der Waals surface area contributed by atoms with Gasteiger partial charge in [0.15, 0.2) is 0 Å². The van der Waals surface area contributed by atoms with Crippen LogP contribution in [0.4, 0.5) is 0 Å². The summed E-state index contributed by atoms with van der Waals surface area (Å²) in [5.74, 6) is -0.769. The molecular formula is C11H17NO3. The Hall–Kier alpha value is -1.19. The number of Topliss-reactive ketones (excluding diaryl/α,β-unsaturated/α-hetero) is 1. The molecule has 84 valence electrons. The molecule has 0 aromatic rings. The number of hydrogen-bond acceptors (Lipinski definition) is 3. The summed E-state index contributed by atoms with van der Waals surface area (Å²) in [6.45, 7) is 6.56. The fraction of sp³-hybridized carbons (Fsp3) is 0.727. The Labute approximate surface area is 89.6 Å². The van der Waals surface area contributed by atoms with Gasteiger partial charge in [-0.05, 0) is 27.2 Å². The molecule has 0 saturated carbocycles. The van der Waals surface area contributed by atoms with Crippen LogP contribution in [0.15, 0.2) is 0 Å². The normalized spacial score (nSPS) is 24.4. The summed E-state index contributed by atoms with van der Waals surface area (Å²) in [5.41, 5.74) is -0.455. The topological polar surface area (TPSA) is 54.5 Å². The number of ketones is 1. The average molecular weight is 211 g/mol.